The van der Waals surface area contributed by atoms with Crippen LogP contribution in [-0.2, 0) is 0 Å². The Morgan fingerprint density at radius 1 is 1.39 bits per heavy atom. The van der Waals surface area contributed by atoms with Gasteiger partial charge in [0.25, 0.3) is 6.01 Å². The van der Waals surface area contributed by atoms with Crippen LogP contribution in [-0.4, -0.2) is 11.0 Å². The van der Waals surface area contributed by atoms with Crippen molar-refractivity contribution in [2.75, 3.05) is 11.1 Å². The van der Waals surface area contributed by atoms with E-state index in [-0.39, 0.29) is 0 Å². The van der Waals surface area contributed by atoms with E-state index >= 15 is 0 Å². The second kappa shape index (κ2) is 5.76. The topological polar surface area (TPSA) is 64.1 Å². The molecule has 98 valence electrons. The number of unbranched alkanes of at least 4 members (excludes halogenated alkanes) is 2. The molecule has 1 heterocycles. The first kappa shape index (κ1) is 12.7. The molecule has 4 heteroatoms. The summed E-state index contributed by atoms with van der Waals surface area (Å²) in [5.41, 5.74) is 7.98. The third-order valence-corrected chi connectivity index (χ3v) is 3.02. The normalized spacial score (nSPS) is 12.8. The number of aromatic nitrogens is 1. The number of nitrogens with two attached hydrogens (primary N) is 1. The van der Waals surface area contributed by atoms with Gasteiger partial charge < -0.3 is 15.5 Å². The van der Waals surface area contributed by atoms with E-state index in [1.807, 2.05) is 12.1 Å². The lowest BCUT2D eigenvalue weighted by Crippen LogP contribution is -2.14. The summed E-state index contributed by atoms with van der Waals surface area (Å²) in [6.45, 7) is 4.36. The van der Waals surface area contributed by atoms with Crippen molar-refractivity contribution >= 4 is 22.8 Å². The number of oxazole rings is 1. The van der Waals surface area contributed by atoms with Crippen molar-refractivity contribution in [1.29, 1.82) is 0 Å². The Balaban J connectivity index is 1.98. The van der Waals surface area contributed by atoms with Gasteiger partial charge in [-0.3, -0.25) is 0 Å². The van der Waals surface area contributed by atoms with Gasteiger partial charge >= 0.3 is 0 Å². The van der Waals surface area contributed by atoms with Gasteiger partial charge in [-0.05, 0) is 25.5 Å². The molecule has 0 amide bonds. The fourth-order valence-corrected chi connectivity index (χ4v) is 1.99. The zero-order valence-corrected chi connectivity index (χ0v) is 11.1. The van der Waals surface area contributed by atoms with E-state index in [1.165, 1.54) is 19.3 Å². The summed E-state index contributed by atoms with van der Waals surface area (Å²) in [4.78, 5) is 4.39. The molecule has 4 nitrogen and oxygen atoms in total. The Bertz CT molecular complexity index is 507. The van der Waals surface area contributed by atoms with Crippen molar-refractivity contribution < 1.29 is 4.42 Å². The molecule has 0 saturated heterocycles. The molecule has 0 aliphatic rings. The molecule has 0 aliphatic carbocycles. The predicted octanol–water partition coefficient (Wildman–Crippen LogP) is 3.79. The van der Waals surface area contributed by atoms with Crippen molar-refractivity contribution in [3.63, 3.8) is 0 Å². The lowest BCUT2D eigenvalue weighted by molar-refractivity contribution is 0.569. The van der Waals surface area contributed by atoms with Crippen LogP contribution in [0.5, 0.6) is 0 Å². The van der Waals surface area contributed by atoms with E-state index in [0.717, 1.165) is 17.5 Å². The monoisotopic (exact) mass is 247 g/mol. The molecular formula is C14H21N3O. The number of rotatable bonds is 6. The predicted molar refractivity (Wildman–Crippen MR) is 75.6 cm³/mol. The molecule has 2 rings (SSSR count). The number of fused-ring (bicyclic) bond motifs is 1. The van der Waals surface area contributed by atoms with E-state index < -0.39 is 0 Å². The molecular weight excluding hydrogens is 226 g/mol. The lowest BCUT2D eigenvalue weighted by Gasteiger charge is -2.10. The molecule has 1 aromatic heterocycles. The number of anilines is 2. The highest BCUT2D eigenvalue weighted by molar-refractivity contribution is 5.78. The lowest BCUT2D eigenvalue weighted by atomic mass is 10.1. The molecule has 0 radical (unpaired) electrons. The van der Waals surface area contributed by atoms with Gasteiger partial charge in [0.2, 0.25) is 0 Å². The van der Waals surface area contributed by atoms with E-state index in [0.29, 0.717) is 17.7 Å². The second-order valence-electron chi connectivity index (χ2n) is 4.79. The molecule has 0 aliphatic heterocycles. The average molecular weight is 247 g/mol. The molecule has 1 aromatic carbocycles. The van der Waals surface area contributed by atoms with Crippen molar-refractivity contribution in [3.8, 4) is 0 Å². The van der Waals surface area contributed by atoms with E-state index in [2.05, 4.69) is 24.1 Å². The summed E-state index contributed by atoms with van der Waals surface area (Å²) in [6.07, 6.45) is 4.89. The summed E-state index contributed by atoms with van der Waals surface area (Å²) in [6, 6.07) is 6.47. The summed E-state index contributed by atoms with van der Waals surface area (Å²) in [7, 11) is 0. The Morgan fingerprint density at radius 3 is 3.00 bits per heavy atom. The van der Waals surface area contributed by atoms with Crippen LogP contribution in [0.15, 0.2) is 22.6 Å². The highest BCUT2D eigenvalue weighted by atomic mass is 16.4. The van der Waals surface area contributed by atoms with Crippen LogP contribution in [0.1, 0.15) is 39.5 Å². The highest BCUT2D eigenvalue weighted by Gasteiger charge is 2.08. The van der Waals surface area contributed by atoms with Crippen molar-refractivity contribution in [2.24, 2.45) is 0 Å². The van der Waals surface area contributed by atoms with Crippen LogP contribution >= 0.6 is 0 Å². The summed E-state index contributed by atoms with van der Waals surface area (Å²) in [5, 5.41) is 3.29. The standard InChI is InChI=1S/C14H21N3O/c1-3-4-5-6-10(2)16-14-17-12-8-7-11(15)9-13(12)18-14/h7-10H,3-6,15H2,1-2H3,(H,16,17). The first-order valence-corrected chi connectivity index (χ1v) is 6.61. The smallest absolute Gasteiger partial charge is 0.295 e. The van der Waals surface area contributed by atoms with Crippen LogP contribution in [0.4, 0.5) is 11.7 Å². The number of nitrogens with zero attached hydrogens (tertiary/aromatic N) is 1. The molecule has 0 saturated carbocycles. The van der Waals surface area contributed by atoms with Gasteiger partial charge in [-0.25, -0.2) is 0 Å². The van der Waals surface area contributed by atoms with Gasteiger partial charge in [0.1, 0.15) is 5.52 Å². The molecule has 1 atom stereocenters. The first-order valence-electron chi connectivity index (χ1n) is 6.61. The Hall–Kier alpha value is -1.71. The molecule has 3 N–H and O–H groups in total. The number of benzene rings is 1. The van der Waals surface area contributed by atoms with Gasteiger partial charge in [0, 0.05) is 17.8 Å². The minimum absolute atomic E-state index is 0.377. The fraction of sp³-hybridized carbons (Fsp3) is 0.500. The zero-order chi connectivity index (χ0) is 13.0. The van der Waals surface area contributed by atoms with Crippen LogP contribution in [0, 0.1) is 0 Å². The number of nitrogens with one attached hydrogen (secondary N) is 1. The Morgan fingerprint density at radius 2 is 2.22 bits per heavy atom. The molecule has 2 aromatic rings. The van der Waals surface area contributed by atoms with Gasteiger partial charge in [0.15, 0.2) is 5.58 Å². The maximum absolute atomic E-state index is 5.71. The van der Waals surface area contributed by atoms with Gasteiger partial charge in [-0.2, -0.15) is 4.98 Å². The maximum Gasteiger partial charge on any atom is 0.295 e. The average Bonchev–Trinajstić information content (AvgIpc) is 2.70. The van der Waals surface area contributed by atoms with Crippen LogP contribution in [0.25, 0.3) is 11.1 Å². The zero-order valence-electron chi connectivity index (χ0n) is 11.1. The molecule has 0 fully saturated rings. The summed E-state index contributed by atoms with van der Waals surface area (Å²) < 4.78 is 5.62. The summed E-state index contributed by atoms with van der Waals surface area (Å²) in [5.74, 6) is 0. The number of hydrogen-bond acceptors (Lipinski definition) is 4. The van der Waals surface area contributed by atoms with Crippen LogP contribution < -0.4 is 11.1 Å². The third-order valence-electron chi connectivity index (χ3n) is 3.02. The van der Waals surface area contributed by atoms with Crippen molar-refractivity contribution in [3.05, 3.63) is 18.2 Å². The molecule has 0 bridgehead atoms. The second-order valence-corrected chi connectivity index (χ2v) is 4.79. The quantitative estimate of drug-likeness (QED) is 0.602. The van der Waals surface area contributed by atoms with E-state index in [4.69, 9.17) is 10.2 Å². The SMILES string of the molecule is CCCCCC(C)Nc1nc2ccc(N)cc2o1. The van der Waals surface area contributed by atoms with Gasteiger partial charge in [0.05, 0.1) is 0 Å². The molecule has 1 unspecified atom stereocenters. The minimum Gasteiger partial charge on any atom is -0.423 e. The first-order chi connectivity index (χ1) is 8.69. The number of nitrogen functional groups attached to an aromatic ring is 1. The van der Waals surface area contributed by atoms with Crippen molar-refractivity contribution in [1.82, 2.24) is 4.98 Å². The summed E-state index contributed by atoms with van der Waals surface area (Å²) >= 11 is 0. The van der Waals surface area contributed by atoms with Gasteiger partial charge in [-0.1, -0.05) is 26.2 Å². The number of hydrogen-bond donors (Lipinski definition) is 2. The van der Waals surface area contributed by atoms with E-state index in [1.54, 1.807) is 6.07 Å². The Labute approximate surface area is 108 Å². The maximum atomic E-state index is 5.71. The van der Waals surface area contributed by atoms with Crippen LogP contribution in [0.3, 0.4) is 0 Å². The third kappa shape index (κ3) is 3.15. The van der Waals surface area contributed by atoms with E-state index in [9.17, 15) is 0 Å². The highest BCUT2D eigenvalue weighted by Crippen LogP contribution is 2.22. The largest absolute Gasteiger partial charge is 0.423 e. The Kier molecular flexibility index (Phi) is 4.07. The van der Waals surface area contributed by atoms with Crippen LogP contribution in [0.2, 0.25) is 0 Å². The molecule has 18 heavy (non-hydrogen) atoms. The molecule has 0 spiro atoms. The fourth-order valence-electron chi connectivity index (χ4n) is 1.99. The minimum atomic E-state index is 0.377. The van der Waals surface area contributed by atoms with Gasteiger partial charge in [-0.15, -0.1) is 0 Å². The van der Waals surface area contributed by atoms with Crippen molar-refractivity contribution in [2.45, 2.75) is 45.6 Å².